The topological polar surface area (TPSA) is 35.8 Å². The predicted octanol–water partition coefficient (Wildman–Crippen LogP) is 3.42. The SMILES string of the molecule is CCCCCCNC(C#N)c1ccccc1. The Morgan fingerprint density at radius 2 is 1.94 bits per heavy atom. The first kappa shape index (κ1) is 12.7. The second-order valence-corrected chi connectivity index (χ2v) is 3.99. The minimum absolute atomic E-state index is 0.164. The molecule has 0 aliphatic rings. The molecule has 1 rings (SSSR count). The molecule has 1 aromatic rings. The van der Waals surface area contributed by atoms with Gasteiger partial charge >= 0.3 is 0 Å². The summed E-state index contributed by atoms with van der Waals surface area (Å²) in [5.74, 6) is 0. The molecule has 0 amide bonds. The van der Waals surface area contributed by atoms with E-state index in [1.54, 1.807) is 0 Å². The molecule has 0 spiro atoms. The monoisotopic (exact) mass is 216 g/mol. The Labute approximate surface area is 98.3 Å². The quantitative estimate of drug-likeness (QED) is 0.709. The van der Waals surface area contributed by atoms with Gasteiger partial charge in [-0.2, -0.15) is 5.26 Å². The average Bonchev–Trinajstić information content (AvgIpc) is 2.35. The van der Waals surface area contributed by atoms with Gasteiger partial charge in [-0.05, 0) is 18.5 Å². The molecule has 0 fully saturated rings. The van der Waals surface area contributed by atoms with E-state index >= 15 is 0 Å². The van der Waals surface area contributed by atoms with Crippen LogP contribution >= 0.6 is 0 Å². The van der Waals surface area contributed by atoms with E-state index in [0.717, 1.165) is 18.5 Å². The van der Waals surface area contributed by atoms with Gasteiger partial charge in [0.1, 0.15) is 6.04 Å². The molecule has 0 saturated heterocycles. The molecule has 0 radical (unpaired) electrons. The fourth-order valence-corrected chi connectivity index (χ4v) is 1.68. The Morgan fingerprint density at radius 3 is 2.56 bits per heavy atom. The lowest BCUT2D eigenvalue weighted by Gasteiger charge is -2.11. The van der Waals surface area contributed by atoms with E-state index in [1.807, 2.05) is 30.3 Å². The zero-order valence-electron chi connectivity index (χ0n) is 9.95. The Hall–Kier alpha value is -1.33. The third-order valence-electron chi connectivity index (χ3n) is 2.64. The van der Waals surface area contributed by atoms with Gasteiger partial charge in [0.2, 0.25) is 0 Å². The molecule has 1 aromatic carbocycles. The van der Waals surface area contributed by atoms with Crippen molar-refractivity contribution in [1.82, 2.24) is 5.32 Å². The first-order valence-electron chi connectivity index (χ1n) is 6.06. The van der Waals surface area contributed by atoms with Gasteiger partial charge in [0.05, 0.1) is 6.07 Å². The minimum Gasteiger partial charge on any atom is -0.298 e. The molecule has 2 nitrogen and oxygen atoms in total. The molecule has 0 aromatic heterocycles. The lowest BCUT2D eigenvalue weighted by Crippen LogP contribution is -2.21. The van der Waals surface area contributed by atoms with Crippen LogP contribution in [0.5, 0.6) is 0 Å². The van der Waals surface area contributed by atoms with E-state index in [2.05, 4.69) is 18.3 Å². The summed E-state index contributed by atoms with van der Waals surface area (Å²) in [6, 6.07) is 12.0. The normalized spacial score (nSPS) is 12.0. The highest BCUT2D eigenvalue weighted by atomic mass is 14.9. The van der Waals surface area contributed by atoms with Crippen molar-refractivity contribution < 1.29 is 0 Å². The van der Waals surface area contributed by atoms with E-state index in [1.165, 1.54) is 19.3 Å². The third kappa shape index (κ3) is 4.46. The zero-order valence-corrected chi connectivity index (χ0v) is 9.95. The summed E-state index contributed by atoms with van der Waals surface area (Å²) >= 11 is 0. The van der Waals surface area contributed by atoms with Crippen molar-refractivity contribution in [3.63, 3.8) is 0 Å². The molecule has 0 aliphatic carbocycles. The molecule has 0 bridgehead atoms. The molecular formula is C14H20N2. The minimum atomic E-state index is -0.164. The third-order valence-corrected chi connectivity index (χ3v) is 2.64. The van der Waals surface area contributed by atoms with Crippen LogP contribution in [0, 0.1) is 11.3 Å². The number of hydrogen-bond acceptors (Lipinski definition) is 2. The largest absolute Gasteiger partial charge is 0.298 e. The summed E-state index contributed by atoms with van der Waals surface area (Å²) in [6.45, 7) is 3.13. The summed E-state index contributed by atoms with van der Waals surface area (Å²) in [6.07, 6.45) is 4.93. The first-order valence-corrected chi connectivity index (χ1v) is 6.06. The molecule has 0 heterocycles. The van der Waals surface area contributed by atoms with Crippen molar-refractivity contribution in [1.29, 1.82) is 5.26 Å². The molecule has 2 heteroatoms. The van der Waals surface area contributed by atoms with Crippen LogP contribution in [0.25, 0.3) is 0 Å². The molecular weight excluding hydrogens is 196 g/mol. The Bertz CT molecular complexity index is 313. The van der Waals surface area contributed by atoms with Gasteiger partial charge in [0.25, 0.3) is 0 Å². The van der Waals surface area contributed by atoms with Crippen LogP contribution in [0.4, 0.5) is 0 Å². The number of nitrogens with zero attached hydrogens (tertiary/aromatic N) is 1. The maximum Gasteiger partial charge on any atom is 0.121 e. The number of hydrogen-bond donors (Lipinski definition) is 1. The summed E-state index contributed by atoms with van der Waals surface area (Å²) in [7, 11) is 0. The van der Waals surface area contributed by atoms with Crippen LogP contribution in [-0.4, -0.2) is 6.54 Å². The lowest BCUT2D eigenvalue weighted by molar-refractivity contribution is 0.569. The fraction of sp³-hybridized carbons (Fsp3) is 0.500. The van der Waals surface area contributed by atoms with Crippen molar-refractivity contribution in [3.8, 4) is 6.07 Å². The highest BCUT2D eigenvalue weighted by Crippen LogP contribution is 2.11. The lowest BCUT2D eigenvalue weighted by atomic mass is 10.1. The smallest absolute Gasteiger partial charge is 0.121 e. The van der Waals surface area contributed by atoms with Crippen LogP contribution in [0.1, 0.15) is 44.2 Å². The average molecular weight is 216 g/mol. The Morgan fingerprint density at radius 1 is 1.19 bits per heavy atom. The van der Waals surface area contributed by atoms with Gasteiger partial charge in [-0.15, -0.1) is 0 Å². The molecule has 0 aliphatic heterocycles. The molecule has 86 valence electrons. The van der Waals surface area contributed by atoms with E-state index < -0.39 is 0 Å². The molecule has 0 saturated carbocycles. The first-order chi connectivity index (χ1) is 7.88. The second kappa shape index (κ2) is 7.90. The highest BCUT2D eigenvalue weighted by molar-refractivity contribution is 5.23. The summed E-state index contributed by atoms with van der Waals surface area (Å²) in [5, 5.41) is 12.4. The summed E-state index contributed by atoms with van der Waals surface area (Å²) in [5.41, 5.74) is 1.06. The van der Waals surface area contributed by atoms with Gasteiger partial charge < -0.3 is 0 Å². The van der Waals surface area contributed by atoms with Gasteiger partial charge in [-0.25, -0.2) is 0 Å². The van der Waals surface area contributed by atoms with E-state index in [0.29, 0.717) is 0 Å². The van der Waals surface area contributed by atoms with Crippen LogP contribution in [0.15, 0.2) is 30.3 Å². The second-order valence-electron chi connectivity index (χ2n) is 3.99. The number of unbranched alkanes of at least 4 members (excludes halogenated alkanes) is 3. The van der Waals surface area contributed by atoms with Crippen molar-refractivity contribution in [3.05, 3.63) is 35.9 Å². The van der Waals surface area contributed by atoms with Crippen molar-refractivity contribution in [2.24, 2.45) is 0 Å². The van der Waals surface area contributed by atoms with Crippen LogP contribution in [0.3, 0.4) is 0 Å². The van der Waals surface area contributed by atoms with Gasteiger partial charge in [-0.3, -0.25) is 5.32 Å². The number of nitriles is 1. The van der Waals surface area contributed by atoms with E-state index in [-0.39, 0.29) is 6.04 Å². The number of benzene rings is 1. The van der Waals surface area contributed by atoms with Gasteiger partial charge in [-0.1, -0.05) is 56.5 Å². The molecule has 1 unspecified atom stereocenters. The number of rotatable bonds is 7. The van der Waals surface area contributed by atoms with E-state index in [4.69, 9.17) is 5.26 Å². The number of nitrogens with one attached hydrogen (secondary N) is 1. The zero-order chi connectivity index (χ0) is 11.6. The standard InChI is InChI=1S/C14H20N2/c1-2-3-4-8-11-16-14(12-15)13-9-6-5-7-10-13/h5-7,9-10,14,16H,2-4,8,11H2,1H3. The molecule has 16 heavy (non-hydrogen) atoms. The summed E-state index contributed by atoms with van der Waals surface area (Å²) < 4.78 is 0. The van der Waals surface area contributed by atoms with E-state index in [9.17, 15) is 0 Å². The Kier molecular flexibility index (Phi) is 6.29. The van der Waals surface area contributed by atoms with Crippen molar-refractivity contribution >= 4 is 0 Å². The van der Waals surface area contributed by atoms with Crippen molar-refractivity contribution in [2.75, 3.05) is 6.54 Å². The highest BCUT2D eigenvalue weighted by Gasteiger charge is 2.07. The molecule has 1 atom stereocenters. The summed E-state index contributed by atoms with van der Waals surface area (Å²) in [4.78, 5) is 0. The van der Waals surface area contributed by atoms with Crippen molar-refractivity contribution in [2.45, 2.75) is 38.6 Å². The predicted molar refractivity (Wildman–Crippen MR) is 66.9 cm³/mol. The maximum absolute atomic E-state index is 9.07. The van der Waals surface area contributed by atoms with Gasteiger partial charge in [0.15, 0.2) is 0 Å². The van der Waals surface area contributed by atoms with Crippen LogP contribution in [0.2, 0.25) is 0 Å². The fourth-order valence-electron chi connectivity index (χ4n) is 1.68. The van der Waals surface area contributed by atoms with Crippen LogP contribution < -0.4 is 5.32 Å². The molecule has 1 N–H and O–H groups in total. The van der Waals surface area contributed by atoms with Gasteiger partial charge in [0, 0.05) is 0 Å². The Balaban J connectivity index is 2.31. The van der Waals surface area contributed by atoms with Crippen LogP contribution in [-0.2, 0) is 0 Å². The maximum atomic E-state index is 9.07.